The van der Waals surface area contributed by atoms with E-state index < -0.39 is 0 Å². The Kier molecular flexibility index (Phi) is 4.45. The second kappa shape index (κ2) is 5.89. The lowest BCUT2D eigenvalue weighted by Crippen LogP contribution is -2.44. The monoisotopic (exact) mass is 314 g/mol. The Morgan fingerprint density at radius 2 is 2.33 bits per heavy atom. The molecule has 1 aromatic heterocycles. The van der Waals surface area contributed by atoms with Crippen LogP contribution in [0, 0.1) is 0 Å². The van der Waals surface area contributed by atoms with Crippen LogP contribution in [0.1, 0.15) is 36.2 Å². The Morgan fingerprint density at radius 1 is 1.56 bits per heavy atom. The molecule has 0 radical (unpaired) electrons. The Balaban J connectivity index is 2.18. The third kappa shape index (κ3) is 2.78. The largest absolute Gasteiger partial charge is 0.396 e. The fourth-order valence-electron chi connectivity index (χ4n) is 2.60. The van der Waals surface area contributed by atoms with E-state index in [1.165, 1.54) is 0 Å². The van der Waals surface area contributed by atoms with Crippen molar-refractivity contribution in [3.05, 3.63) is 22.4 Å². The molecule has 18 heavy (non-hydrogen) atoms. The van der Waals surface area contributed by atoms with Crippen molar-refractivity contribution in [2.45, 2.75) is 31.7 Å². The highest BCUT2D eigenvalue weighted by Gasteiger charge is 2.28. The van der Waals surface area contributed by atoms with Gasteiger partial charge in [-0.25, -0.2) is 0 Å². The molecular weight excluding hydrogens is 296 g/mol. The van der Waals surface area contributed by atoms with Crippen LogP contribution < -0.4 is 0 Å². The summed E-state index contributed by atoms with van der Waals surface area (Å²) in [5.41, 5.74) is 0.701. The number of carbonyl (C=O) groups is 1. The van der Waals surface area contributed by atoms with E-state index in [4.69, 9.17) is 5.11 Å². The van der Waals surface area contributed by atoms with Crippen molar-refractivity contribution in [3.8, 4) is 0 Å². The Hall–Kier alpha value is -0.810. The fraction of sp³-hybridized carbons (Fsp3) is 0.615. The van der Waals surface area contributed by atoms with Gasteiger partial charge in [0.1, 0.15) is 5.69 Å². The molecule has 1 amide bonds. The van der Waals surface area contributed by atoms with Gasteiger partial charge >= 0.3 is 0 Å². The van der Waals surface area contributed by atoms with Gasteiger partial charge in [0, 0.05) is 36.9 Å². The first-order valence-electron chi connectivity index (χ1n) is 6.37. The summed E-state index contributed by atoms with van der Waals surface area (Å²) < 4.78 is 2.76. The molecule has 1 saturated heterocycles. The molecule has 5 heteroatoms. The van der Waals surface area contributed by atoms with E-state index in [1.807, 2.05) is 28.8 Å². The minimum atomic E-state index is 0.0707. The lowest BCUT2D eigenvalue weighted by Gasteiger charge is -2.35. The Morgan fingerprint density at radius 3 is 2.94 bits per heavy atom. The lowest BCUT2D eigenvalue weighted by molar-refractivity contribution is 0.0565. The zero-order valence-electron chi connectivity index (χ0n) is 10.6. The highest BCUT2D eigenvalue weighted by atomic mass is 79.9. The Bertz CT molecular complexity index is 429. The number of aliphatic hydroxyl groups excluding tert-OH is 1. The second-order valence-corrected chi connectivity index (χ2v) is 5.73. The first-order chi connectivity index (χ1) is 8.63. The third-order valence-electron chi connectivity index (χ3n) is 3.54. The fourth-order valence-corrected chi connectivity index (χ4v) is 3.13. The van der Waals surface area contributed by atoms with Crippen LogP contribution in [0.5, 0.6) is 0 Å². The zero-order valence-corrected chi connectivity index (χ0v) is 12.2. The van der Waals surface area contributed by atoms with Crippen LogP contribution in [-0.2, 0) is 7.05 Å². The van der Waals surface area contributed by atoms with Crippen molar-refractivity contribution >= 4 is 21.8 Å². The molecule has 1 unspecified atom stereocenters. The van der Waals surface area contributed by atoms with Crippen LogP contribution in [-0.4, -0.2) is 39.7 Å². The average molecular weight is 315 g/mol. The van der Waals surface area contributed by atoms with Gasteiger partial charge in [-0.15, -0.1) is 0 Å². The van der Waals surface area contributed by atoms with Crippen LogP contribution >= 0.6 is 15.9 Å². The number of nitrogens with zero attached hydrogens (tertiary/aromatic N) is 2. The van der Waals surface area contributed by atoms with Gasteiger partial charge in [0.05, 0.1) is 0 Å². The molecule has 0 aromatic carbocycles. The van der Waals surface area contributed by atoms with Crippen molar-refractivity contribution < 1.29 is 9.90 Å². The summed E-state index contributed by atoms with van der Waals surface area (Å²) in [4.78, 5) is 14.4. The van der Waals surface area contributed by atoms with Crippen LogP contribution in [0.3, 0.4) is 0 Å². The van der Waals surface area contributed by atoms with Gasteiger partial charge in [0.2, 0.25) is 0 Å². The van der Waals surface area contributed by atoms with Crippen LogP contribution in [0.25, 0.3) is 0 Å². The van der Waals surface area contributed by atoms with Gasteiger partial charge in [0.25, 0.3) is 5.91 Å². The summed E-state index contributed by atoms with van der Waals surface area (Å²) in [6.07, 6.45) is 5.76. The maximum absolute atomic E-state index is 12.5. The highest BCUT2D eigenvalue weighted by Crippen LogP contribution is 2.23. The minimum absolute atomic E-state index is 0.0707. The van der Waals surface area contributed by atoms with Crippen molar-refractivity contribution in [2.24, 2.45) is 7.05 Å². The normalized spacial score (nSPS) is 20.2. The predicted octanol–water partition coefficient (Wildman–Crippen LogP) is 2.16. The standard InChI is InChI=1S/C13H19BrN2O2/c1-15-9-10(14)8-12(15)13(18)16-6-3-2-4-11(16)5-7-17/h8-9,11,17H,2-7H2,1H3. The van der Waals surface area contributed by atoms with E-state index in [-0.39, 0.29) is 18.6 Å². The minimum Gasteiger partial charge on any atom is -0.396 e. The first kappa shape index (κ1) is 13.6. The van der Waals surface area contributed by atoms with E-state index in [1.54, 1.807) is 0 Å². The molecular formula is C13H19BrN2O2. The number of likely N-dealkylation sites (tertiary alicyclic amines) is 1. The average Bonchev–Trinajstić information content (AvgIpc) is 2.69. The van der Waals surface area contributed by atoms with Gasteiger partial charge in [-0.2, -0.15) is 0 Å². The topological polar surface area (TPSA) is 45.5 Å². The number of piperidine rings is 1. The molecule has 0 bridgehead atoms. The van der Waals surface area contributed by atoms with Gasteiger partial charge in [-0.05, 0) is 47.7 Å². The number of halogens is 1. The molecule has 1 atom stereocenters. The molecule has 4 nitrogen and oxygen atoms in total. The zero-order chi connectivity index (χ0) is 13.1. The van der Waals surface area contributed by atoms with Gasteiger partial charge in [-0.3, -0.25) is 4.79 Å². The summed E-state index contributed by atoms with van der Waals surface area (Å²) in [6, 6.07) is 2.04. The molecule has 1 fully saturated rings. The van der Waals surface area contributed by atoms with Gasteiger partial charge < -0.3 is 14.6 Å². The Labute approximate surface area is 116 Å². The number of hydrogen-bond donors (Lipinski definition) is 1. The summed E-state index contributed by atoms with van der Waals surface area (Å²) >= 11 is 3.39. The van der Waals surface area contributed by atoms with Crippen molar-refractivity contribution in [1.29, 1.82) is 0 Å². The molecule has 1 aliphatic rings. The molecule has 0 saturated carbocycles. The number of aliphatic hydroxyl groups is 1. The number of aromatic nitrogens is 1. The molecule has 2 rings (SSSR count). The molecule has 2 heterocycles. The van der Waals surface area contributed by atoms with Crippen molar-refractivity contribution in [2.75, 3.05) is 13.2 Å². The van der Waals surface area contributed by atoms with E-state index in [0.29, 0.717) is 12.1 Å². The van der Waals surface area contributed by atoms with Crippen LogP contribution in [0.4, 0.5) is 0 Å². The molecule has 100 valence electrons. The van der Waals surface area contributed by atoms with Crippen molar-refractivity contribution in [3.63, 3.8) is 0 Å². The van der Waals surface area contributed by atoms with Crippen LogP contribution in [0.15, 0.2) is 16.7 Å². The summed E-state index contributed by atoms with van der Waals surface area (Å²) in [5, 5.41) is 9.10. The van der Waals surface area contributed by atoms with E-state index in [9.17, 15) is 4.79 Å². The highest BCUT2D eigenvalue weighted by molar-refractivity contribution is 9.10. The summed E-state index contributed by atoms with van der Waals surface area (Å²) in [6.45, 7) is 0.942. The number of hydrogen-bond acceptors (Lipinski definition) is 2. The summed E-state index contributed by atoms with van der Waals surface area (Å²) in [7, 11) is 1.88. The molecule has 1 aliphatic heterocycles. The van der Waals surface area contributed by atoms with Crippen LogP contribution in [0.2, 0.25) is 0 Å². The van der Waals surface area contributed by atoms with E-state index >= 15 is 0 Å². The molecule has 0 aliphatic carbocycles. The number of amides is 1. The molecule has 1 aromatic rings. The van der Waals surface area contributed by atoms with Gasteiger partial charge in [-0.1, -0.05) is 0 Å². The predicted molar refractivity (Wildman–Crippen MR) is 73.5 cm³/mol. The third-order valence-corrected chi connectivity index (χ3v) is 3.97. The smallest absolute Gasteiger partial charge is 0.270 e. The second-order valence-electron chi connectivity index (χ2n) is 4.81. The lowest BCUT2D eigenvalue weighted by atomic mass is 9.99. The molecule has 1 N–H and O–H groups in total. The SMILES string of the molecule is Cn1cc(Br)cc1C(=O)N1CCCCC1CCO. The maximum Gasteiger partial charge on any atom is 0.270 e. The van der Waals surface area contributed by atoms with Gasteiger partial charge in [0.15, 0.2) is 0 Å². The first-order valence-corrected chi connectivity index (χ1v) is 7.16. The van der Waals surface area contributed by atoms with Crippen molar-refractivity contribution in [1.82, 2.24) is 9.47 Å². The number of carbonyl (C=O) groups excluding carboxylic acids is 1. The quantitative estimate of drug-likeness (QED) is 0.929. The van der Waals surface area contributed by atoms with E-state index in [0.717, 1.165) is 30.3 Å². The molecule has 0 spiro atoms. The number of aryl methyl sites for hydroxylation is 1. The maximum atomic E-state index is 12.5. The number of rotatable bonds is 3. The summed E-state index contributed by atoms with van der Waals surface area (Å²) in [5.74, 6) is 0.0707. The van der Waals surface area contributed by atoms with E-state index in [2.05, 4.69) is 15.9 Å².